The van der Waals surface area contributed by atoms with Crippen LogP contribution < -0.4 is 15.8 Å². The molecule has 0 unspecified atom stereocenters. The molecular formula is C16H17FN2O2. The van der Waals surface area contributed by atoms with Crippen LogP contribution in [0.15, 0.2) is 36.4 Å². The number of rotatable bonds is 4. The fourth-order valence-electron chi connectivity index (χ4n) is 2.09. The largest absolute Gasteiger partial charge is 0.481 e. The monoisotopic (exact) mass is 288 g/mol. The lowest BCUT2D eigenvalue weighted by Crippen LogP contribution is -2.20. The highest BCUT2D eigenvalue weighted by molar-refractivity contribution is 5.91. The summed E-state index contributed by atoms with van der Waals surface area (Å²) in [4.78, 5) is 11.8. The highest BCUT2D eigenvalue weighted by atomic mass is 19.1. The van der Waals surface area contributed by atoms with Crippen LogP contribution in [0.3, 0.4) is 0 Å². The van der Waals surface area contributed by atoms with Gasteiger partial charge in [-0.2, -0.15) is 0 Å². The molecule has 0 spiro atoms. The molecule has 2 rings (SSSR count). The molecule has 0 radical (unpaired) electrons. The van der Waals surface area contributed by atoms with Gasteiger partial charge in [-0.25, -0.2) is 4.39 Å². The minimum Gasteiger partial charge on any atom is -0.481 e. The number of nitrogen functional groups attached to an aromatic ring is 1. The first-order chi connectivity index (χ1) is 9.95. The number of nitrogens with two attached hydrogens (primary N) is 1. The highest BCUT2D eigenvalue weighted by Crippen LogP contribution is 2.27. The minimum atomic E-state index is -0.410. The Morgan fingerprint density at radius 1 is 1.29 bits per heavy atom. The Kier molecular flexibility index (Phi) is 4.42. The van der Waals surface area contributed by atoms with Gasteiger partial charge in [0.15, 0.2) is 6.61 Å². The Morgan fingerprint density at radius 2 is 2.05 bits per heavy atom. The molecule has 0 atom stereocenters. The maximum absolute atomic E-state index is 13.0. The fourth-order valence-corrected chi connectivity index (χ4v) is 2.09. The third kappa shape index (κ3) is 3.95. The summed E-state index contributed by atoms with van der Waals surface area (Å²) >= 11 is 0. The second kappa shape index (κ2) is 6.26. The zero-order chi connectivity index (χ0) is 15.4. The van der Waals surface area contributed by atoms with E-state index < -0.39 is 5.82 Å². The van der Waals surface area contributed by atoms with Crippen LogP contribution in [-0.2, 0) is 4.79 Å². The molecule has 3 N–H and O–H groups in total. The van der Waals surface area contributed by atoms with Crippen LogP contribution in [0.1, 0.15) is 11.1 Å². The molecule has 2 aromatic rings. The summed E-state index contributed by atoms with van der Waals surface area (Å²) in [6.07, 6.45) is 0. The Hall–Kier alpha value is -2.56. The van der Waals surface area contributed by atoms with E-state index in [4.69, 9.17) is 10.5 Å². The molecule has 4 nitrogen and oxygen atoms in total. The molecule has 1 amide bonds. The number of halogens is 1. The van der Waals surface area contributed by atoms with Gasteiger partial charge in [-0.05, 0) is 49.2 Å². The second-order valence-electron chi connectivity index (χ2n) is 4.85. The quantitative estimate of drug-likeness (QED) is 0.850. The van der Waals surface area contributed by atoms with Gasteiger partial charge in [-0.15, -0.1) is 0 Å². The first kappa shape index (κ1) is 14.8. The van der Waals surface area contributed by atoms with Crippen molar-refractivity contribution in [2.24, 2.45) is 0 Å². The second-order valence-corrected chi connectivity index (χ2v) is 4.85. The molecule has 5 heteroatoms. The number of benzene rings is 2. The standard InChI is InChI=1S/C16H17FN2O2/c1-10-6-11(2)16(14(18)7-10)21-9-15(20)19-13-5-3-4-12(17)8-13/h3-8H,9,18H2,1-2H3,(H,19,20). The number of aryl methyl sites for hydroxylation is 2. The first-order valence-corrected chi connectivity index (χ1v) is 6.50. The van der Waals surface area contributed by atoms with Crippen LogP contribution in [0.25, 0.3) is 0 Å². The van der Waals surface area contributed by atoms with E-state index in [-0.39, 0.29) is 12.5 Å². The minimum absolute atomic E-state index is 0.190. The molecule has 21 heavy (non-hydrogen) atoms. The zero-order valence-electron chi connectivity index (χ0n) is 11.9. The van der Waals surface area contributed by atoms with Crippen LogP contribution >= 0.6 is 0 Å². The van der Waals surface area contributed by atoms with Gasteiger partial charge >= 0.3 is 0 Å². The van der Waals surface area contributed by atoms with Crippen LogP contribution in [0.5, 0.6) is 5.75 Å². The average Bonchev–Trinajstić information content (AvgIpc) is 2.37. The van der Waals surface area contributed by atoms with E-state index >= 15 is 0 Å². The topological polar surface area (TPSA) is 64.3 Å². The van der Waals surface area contributed by atoms with E-state index in [2.05, 4.69) is 5.32 Å². The van der Waals surface area contributed by atoms with Crippen molar-refractivity contribution in [2.75, 3.05) is 17.7 Å². The summed E-state index contributed by atoms with van der Waals surface area (Å²) in [6, 6.07) is 9.38. The predicted octanol–water partition coefficient (Wildman–Crippen LogP) is 3.04. The first-order valence-electron chi connectivity index (χ1n) is 6.50. The average molecular weight is 288 g/mol. The van der Waals surface area contributed by atoms with E-state index in [1.165, 1.54) is 18.2 Å². The Balaban J connectivity index is 1.99. The molecule has 0 saturated carbocycles. The van der Waals surface area contributed by atoms with E-state index in [1.807, 2.05) is 19.9 Å². The molecule has 110 valence electrons. The number of amides is 1. The summed E-state index contributed by atoms with van der Waals surface area (Å²) < 4.78 is 18.5. The van der Waals surface area contributed by atoms with Crippen LogP contribution in [0.2, 0.25) is 0 Å². The predicted molar refractivity (Wildman–Crippen MR) is 80.9 cm³/mol. The van der Waals surface area contributed by atoms with Crippen molar-refractivity contribution >= 4 is 17.3 Å². The van der Waals surface area contributed by atoms with Crippen molar-refractivity contribution in [2.45, 2.75) is 13.8 Å². The number of ether oxygens (including phenoxy) is 1. The Labute approximate surface area is 122 Å². The van der Waals surface area contributed by atoms with Gasteiger partial charge < -0.3 is 15.8 Å². The van der Waals surface area contributed by atoms with Crippen molar-refractivity contribution in [3.05, 3.63) is 53.3 Å². The summed E-state index contributed by atoms with van der Waals surface area (Å²) in [5, 5.41) is 2.56. The number of hydrogen-bond donors (Lipinski definition) is 2. The van der Waals surface area contributed by atoms with Gasteiger partial charge in [0, 0.05) is 5.69 Å². The lowest BCUT2D eigenvalue weighted by atomic mass is 10.1. The molecule has 0 aliphatic heterocycles. The smallest absolute Gasteiger partial charge is 0.262 e. The number of nitrogens with one attached hydrogen (secondary N) is 1. The van der Waals surface area contributed by atoms with E-state index in [0.717, 1.165) is 11.1 Å². The molecule has 0 aliphatic rings. The van der Waals surface area contributed by atoms with Crippen LogP contribution in [0.4, 0.5) is 15.8 Å². The van der Waals surface area contributed by atoms with Crippen molar-refractivity contribution in [3.8, 4) is 5.75 Å². The molecule has 2 aromatic carbocycles. The van der Waals surface area contributed by atoms with Gasteiger partial charge in [0.2, 0.25) is 0 Å². The van der Waals surface area contributed by atoms with E-state index in [9.17, 15) is 9.18 Å². The van der Waals surface area contributed by atoms with Gasteiger partial charge in [0.1, 0.15) is 11.6 Å². The molecule has 0 aromatic heterocycles. The number of hydrogen-bond acceptors (Lipinski definition) is 3. The highest BCUT2D eigenvalue weighted by Gasteiger charge is 2.09. The molecule has 0 aliphatic carbocycles. The lowest BCUT2D eigenvalue weighted by Gasteiger charge is -2.12. The van der Waals surface area contributed by atoms with Crippen LogP contribution in [-0.4, -0.2) is 12.5 Å². The van der Waals surface area contributed by atoms with Gasteiger partial charge in [0.25, 0.3) is 5.91 Å². The van der Waals surface area contributed by atoms with Crippen LogP contribution in [0, 0.1) is 19.7 Å². The van der Waals surface area contributed by atoms with E-state index in [1.54, 1.807) is 12.1 Å². The molecule has 0 saturated heterocycles. The maximum atomic E-state index is 13.0. The Morgan fingerprint density at radius 3 is 2.71 bits per heavy atom. The maximum Gasteiger partial charge on any atom is 0.262 e. The molecular weight excluding hydrogens is 271 g/mol. The van der Waals surface area contributed by atoms with Crippen molar-refractivity contribution in [1.29, 1.82) is 0 Å². The van der Waals surface area contributed by atoms with Crippen molar-refractivity contribution < 1.29 is 13.9 Å². The number of carbonyl (C=O) groups is 1. The summed E-state index contributed by atoms with van der Waals surface area (Å²) in [5.41, 5.74) is 8.65. The van der Waals surface area contributed by atoms with Gasteiger partial charge in [0.05, 0.1) is 5.69 Å². The summed E-state index contributed by atoms with van der Waals surface area (Å²) in [6.45, 7) is 3.61. The zero-order valence-corrected chi connectivity index (χ0v) is 11.9. The summed E-state index contributed by atoms with van der Waals surface area (Å²) in [5.74, 6) is -0.290. The third-order valence-corrected chi connectivity index (χ3v) is 2.90. The molecule has 0 fully saturated rings. The van der Waals surface area contributed by atoms with Crippen molar-refractivity contribution in [1.82, 2.24) is 0 Å². The Bertz CT molecular complexity index is 648. The lowest BCUT2D eigenvalue weighted by molar-refractivity contribution is -0.118. The SMILES string of the molecule is Cc1cc(C)c(OCC(=O)Nc2cccc(F)c2)c(N)c1. The third-order valence-electron chi connectivity index (χ3n) is 2.90. The van der Waals surface area contributed by atoms with E-state index in [0.29, 0.717) is 17.1 Å². The number of anilines is 2. The van der Waals surface area contributed by atoms with Crippen molar-refractivity contribution in [3.63, 3.8) is 0 Å². The summed E-state index contributed by atoms with van der Waals surface area (Å²) in [7, 11) is 0. The normalized spacial score (nSPS) is 10.2. The molecule has 0 heterocycles. The number of carbonyl (C=O) groups excluding carboxylic acids is 1. The van der Waals surface area contributed by atoms with Gasteiger partial charge in [-0.3, -0.25) is 4.79 Å². The van der Waals surface area contributed by atoms with Gasteiger partial charge in [-0.1, -0.05) is 12.1 Å². The molecule has 0 bridgehead atoms. The fraction of sp³-hybridized carbons (Fsp3) is 0.188.